The molecule has 0 bridgehead atoms. The fourth-order valence-electron chi connectivity index (χ4n) is 0. The second-order valence-corrected chi connectivity index (χ2v) is 0.0962. The molecule has 0 aliphatic heterocycles. The van der Waals surface area contributed by atoms with Gasteiger partial charge in [-0.2, -0.15) is 0 Å². The van der Waals surface area contributed by atoms with Crippen molar-refractivity contribution in [3.63, 3.8) is 0 Å². The third-order valence-electron chi connectivity index (χ3n) is 0. The molecule has 0 aliphatic carbocycles. The zero-order valence-corrected chi connectivity index (χ0v) is 6.08. The van der Waals surface area contributed by atoms with E-state index in [1.54, 1.807) is 0 Å². The Morgan fingerprint density at radius 3 is 1.60 bits per heavy atom. The number of hydrogen-bond acceptors (Lipinski definition) is 2. The predicted molar refractivity (Wildman–Crippen MR) is 6.06 cm³/mol. The van der Waals surface area contributed by atoms with Crippen molar-refractivity contribution in [1.82, 2.24) is 0 Å². The van der Waals surface area contributed by atoms with E-state index in [-0.39, 0.29) is 46.9 Å². The second-order valence-electron chi connectivity index (χ2n) is 0.0962. The molecule has 0 aromatic carbocycles. The van der Waals surface area contributed by atoms with Gasteiger partial charge in [0.1, 0.15) is 0 Å². The molecule has 0 aromatic rings. The van der Waals surface area contributed by atoms with E-state index in [4.69, 9.17) is 9.90 Å². The van der Waals surface area contributed by atoms with Crippen LogP contribution in [0.1, 0.15) is 0 Å². The first kappa shape index (κ1) is 16.7. The van der Waals surface area contributed by atoms with Gasteiger partial charge in [0.25, 0.3) is 0 Å². The van der Waals surface area contributed by atoms with E-state index in [1.165, 1.54) is 0 Å². The second kappa shape index (κ2) is 20.0. The number of rotatable bonds is 0. The maximum absolute atomic E-state index is 8.25. The Morgan fingerprint density at radius 2 is 1.60 bits per heavy atom. The standard InChI is InChI=1S/CH2O2.Cr.Na/c2-1-3;;/h1H,(H,2,3);;/q;+3;+1/p-1. The van der Waals surface area contributed by atoms with E-state index in [0.717, 1.165) is 0 Å². The molecule has 0 aromatic heterocycles. The number of carbonyl (C=O) groups is 1. The molecule has 0 saturated carbocycles. The summed E-state index contributed by atoms with van der Waals surface area (Å²) in [7, 11) is 0. The van der Waals surface area contributed by atoms with Gasteiger partial charge in [-0.25, -0.2) is 0 Å². The Labute approximate surface area is 63.0 Å². The van der Waals surface area contributed by atoms with E-state index in [0.29, 0.717) is 0 Å². The van der Waals surface area contributed by atoms with E-state index < -0.39 is 6.47 Å². The Kier molecular flexibility index (Phi) is 66.6. The average molecular weight is 120 g/mol. The first-order chi connectivity index (χ1) is 1.41. The summed E-state index contributed by atoms with van der Waals surface area (Å²) >= 11 is 0. The fourth-order valence-corrected chi connectivity index (χ4v) is 0. The monoisotopic (exact) mass is 120 g/mol. The van der Waals surface area contributed by atoms with Crippen LogP contribution in [-0.2, 0) is 22.2 Å². The van der Waals surface area contributed by atoms with Crippen molar-refractivity contribution in [2.45, 2.75) is 0 Å². The predicted octanol–water partition coefficient (Wildman–Crippen LogP) is -4.63. The van der Waals surface area contributed by atoms with Crippen molar-refractivity contribution in [3.05, 3.63) is 0 Å². The smallest absolute Gasteiger partial charge is 0.554 e. The van der Waals surface area contributed by atoms with Crippen LogP contribution in [0, 0.1) is 0 Å². The SMILES string of the molecule is O=C[O-].[Cr+3].[Na+]. The molecule has 0 rings (SSSR count). The van der Waals surface area contributed by atoms with Gasteiger partial charge in [-0.15, -0.1) is 0 Å². The van der Waals surface area contributed by atoms with Crippen molar-refractivity contribution in [2.75, 3.05) is 0 Å². The molecule has 0 amide bonds. The summed E-state index contributed by atoms with van der Waals surface area (Å²) < 4.78 is 0. The van der Waals surface area contributed by atoms with Crippen LogP contribution < -0.4 is 34.7 Å². The third kappa shape index (κ3) is 44.9. The number of carboxylic acid groups (broad SMARTS) is 1. The summed E-state index contributed by atoms with van der Waals surface area (Å²) in [4.78, 5) is 8.25. The van der Waals surface area contributed by atoms with Crippen molar-refractivity contribution in [1.29, 1.82) is 0 Å². The molecular formula is CHCrNaO2+3. The molecule has 21 valence electrons. The minimum Gasteiger partial charge on any atom is -0.554 e. The fraction of sp³-hybridized carbons (Fsp3) is 0. The van der Waals surface area contributed by atoms with Crippen LogP contribution in [0.2, 0.25) is 0 Å². The number of carbonyl (C=O) groups excluding carboxylic acids is 1. The molecule has 0 aliphatic rings. The van der Waals surface area contributed by atoms with Gasteiger partial charge < -0.3 is 9.90 Å². The minimum absolute atomic E-state index is 0. The van der Waals surface area contributed by atoms with Crippen LogP contribution in [-0.4, -0.2) is 6.47 Å². The van der Waals surface area contributed by atoms with E-state index in [1.807, 2.05) is 0 Å². The van der Waals surface area contributed by atoms with Crippen LogP contribution in [0.4, 0.5) is 0 Å². The topological polar surface area (TPSA) is 40.1 Å². The molecular weight excluding hydrogens is 119 g/mol. The first-order valence-corrected chi connectivity index (χ1v) is 0.471. The van der Waals surface area contributed by atoms with Gasteiger partial charge in [0.15, 0.2) is 0 Å². The molecule has 0 heterocycles. The molecule has 0 unspecified atom stereocenters. The van der Waals surface area contributed by atoms with Crippen molar-refractivity contribution in [2.24, 2.45) is 0 Å². The molecule has 0 N–H and O–H groups in total. The maximum atomic E-state index is 8.25. The van der Waals surface area contributed by atoms with Gasteiger partial charge in [0.2, 0.25) is 0 Å². The van der Waals surface area contributed by atoms with Gasteiger partial charge >= 0.3 is 46.9 Å². The van der Waals surface area contributed by atoms with E-state index >= 15 is 0 Å². The van der Waals surface area contributed by atoms with E-state index in [2.05, 4.69) is 0 Å². The van der Waals surface area contributed by atoms with Crippen molar-refractivity contribution >= 4 is 6.47 Å². The van der Waals surface area contributed by atoms with E-state index in [9.17, 15) is 0 Å². The van der Waals surface area contributed by atoms with Crippen LogP contribution >= 0.6 is 0 Å². The van der Waals surface area contributed by atoms with Gasteiger partial charge in [-0.3, -0.25) is 0 Å². The molecule has 0 fully saturated rings. The van der Waals surface area contributed by atoms with Crippen LogP contribution in [0.5, 0.6) is 0 Å². The summed E-state index contributed by atoms with van der Waals surface area (Å²) in [5.41, 5.74) is 0. The summed E-state index contributed by atoms with van der Waals surface area (Å²) in [6, 6.07) is 0. The molecule has 0 saturated heterocycles. The summed E-state index contributed by atoms with van der Waals surface area (Å²) in [5, 5.41) is 8.25. The van der Waals surface area contributed by atoms with Crippen LogP contribution in [0.3, 0.4) is 0 Å². The Morgan fingerprint density at radius 1 is 1.60 bits per heavy atom. The molecule has 0 atom stereocenters. The molecule has 5 heavy (non-hydrogen) atoms. The summed E-state index contributed by atoms with van der Waals surface area (Å²) in [6.07, 6.45) is 0. The molecule has 2 nitrogen and oxygen atoms in total. The zero-order valence-electron chi connectivity index (χ0n) is 2.80. The quantitative estimate of drug-likeness (QED) is 0.238. The first-order valence-electron chi connectivity index (χ1n) is 0.471. The third-order valence-corrected chi connectivity index (χ3v) is 0. The van der Waals surface area contributed by atoms with Crippen molar-refractivity contribution in [3.8, 4) is 0 Å². The Hall–Kier alpha value is 1.00. The maximum Gasteiger partial charge on any atom is 3.00 e. The summed E-state index contributed by atoms with van der Waals surface area (Å²) in [5.74, 6) is 0. The van der Waals surface area contributed by atoms with Gasteiger partial charge in [0, 0.05) is 6.47 Å². The van der Waals surface area contributed by atoms with Gasteiger partial charge in [-0.1, -0.05) is 0 Å². The summed E-state index contributed by atoms with van der Waals surface area (Å²) in [6.45, 7) is -0.500. The normalized spacial score (nSPS) is 2.40. The molecule has 1 radical (unpaired) electrons. The van der Waals surface area contributed by atoms with Crippen LogP contribution in [0.25, 0.3) is 0 Å². The van der Waals surface area contributed by atoms with Crippen LogP contribution in [0.15, 0.2) is 0 Å². The average Bonchev–Trinajstić information content (AvgIpc) is 0.918. The minimum atomic E-state index is -0.500. The molecule has 0 spiro atoms. The van der Waals surface area contributed by atoms with Gasteiger partial charge in [0.05, 0.1) is 0 Å². The largest absolute Gasteiger partial charge is 3.00 e. The van der Waals surface area contributed by atoms with Crippen molar-refractivity contribution < 1.29 is 56.8 Å². The number of hydrogen-bond donors (Lipinski definition) is 0. The molecule has 4 heteroatoms. The Balaban J connectivity index is -0.0000000200. The zero-order chi connectivity index (χ0) is 2.71. The van der Waals surface area contributed by atoms with Gasteiger partial charge in [-0.05, 0) is 0 Å². The Bertz CT molecular complexity index is 17.1.